The van der Waals surface area contributed by atoms with Gasteiger partial charge in [0.1, 0.15) is 11.6 Å². The average molecular weight is 577 g/mol. The van der Waals surface area contributed by atoms with E-state index in [0.29, 0.717) is 23.8 Å². The zero-order valence-corrected chi connectivity index (χ0v) is 24.3. The zero-order valence-electron chi connectivity index (χ0n) is 23.6. The summed E-state index contributed by atoms with van der Waals surface area (Å²) in [5, 5.41) is 4.17. The van der Waals surface area contributed by atoms with Gasteiger partial charge in [0.25, 0.3) is 0 Å². The van der Waals surface area contributed by atoms with Crippen LogP contribution in [-0.2, 0) is 5.41 Å². The van der Waals surface area contributed by atoms with Crippen LogP contribution in [0, 0.1) is 11.7 Å². The van der Waals surface area contributed by atoms with Gasteiger partial charge >= 0.3 is 6.03 Å². The van der Waals surface area contributed by atoms with E-state index < -0.39 is 0 Å². The zero-order chi connectivity index (χ0) is 28.6. The number of carbonyl (C=O) groups is 1. The maximum atomic E-state index is 14.4. The van der Waals surface area contributed by atoms with E-state index in [1.54, 1.807) is 18.3 Å². The maximum absolute atomic E-state index is 14.4. The third kappa shape index (κ3) is 5.18. The molecule has 2 saturated heterocycles. The predicted molar refractivity (Wildman–Crippen MR) is 165 cm³/mol. The second kappa shape index (κ2) is 11.4. The normalized spacial score (nSPS) is 21.2. The first-order valence-electron chi connectivity index (χ1n) is 14.8. The van der Waals surface area contributed by atoms with E-state index in [2.05, 4.69) is 34.3 Å². The Kier molecular flexibility index (Phi) is 7.68. The Balaban J connectivity index is 1.11. The van der Waals surface area contributed by atoms with Crippen LogP contribution < -0.4 is 20.9 Å². The van der Waals surface area contributed by atoms with Crippen molar-refractivity contribution in [2.24, 2.45) is 5.92 Å². The number of hydrogen-bond acceptors (Lipinski definition) is 5. The van der Waals surface area contributed by atoms with Crippen molar-refractivity contribution in [3.05, 3.63) is 76.7 Å². The number of fused-ring (bicyclic) bond motifs is 1. The molecule has 3 aliphatic heterocycles. The minimum atomic E-state index is -0.292. The Morgan fingerprint density at radius 2 is 1.95 bits per heavy atom. The molecule has 0 radical (unpaired) electrons. The fraction of sp³-hybridized carbons (Fsp3) is 0.438. The van der Waals surface area contributed by atoms with Crippen molar-refractivity contribution in [1.29, 1.82) is 0 Å². The molecule has 3 N–H and O–H groups in total. The summed E-state index contributed by atoms with van der Waals surface area (Å²) in [5.74, 6) is 1.10. The molecule has 0 aliphatic carbocycles. The molecule has 1 unspecified atom stereocenters. The molecule has 1 aromatic heterocycles. The third-order valence-corrected chi connectivity index (χ3v) is 9.61. The van der Waals surface area contributed by atoms with Gasteiger partial charge in [0.05, 0.1) is 5.69 Å². The number of amides is 2. The number of nitrogens with two attached hydrogens (primary N) is 1. The van der Waals surface area contributed by atoms with Crippen molar-refractivity contribution in [2.75, 3.05) is 60.1 Å². The molecule has 41 heavy (non-hydrogen) atoms. The lowest BCUT2D eigenvalue weighted by atomic mass is 9.74. The number of urea groups is 1. The van der Waals surface area contributed by atoms with Crippen LogP contribution >= 0.6 is 11.6 Å². The minimum Gasteiger partial charge on any atom is -0.399 e. The van der Waals surface area contributed by atoms with E-state index in [9.17, 15) is 9.18 Å². The molecule has 3 aromatic rings. The number of hydrogen-bond donors (Lipinski definition) is 2. The number of benzene rings is 2. The standard InChI is InChI=1S/C32H38ClFN6O/c1-2-32(21-37-30-29(32)26(33)9-13-36-30)23-5-3-6-25(19-23)40-15-4-14-39(31(40)41)18-12-22-10-16-38(17-11-22)28-8-7-24(35)20-27(28)34/h3,5-9,13,19-20,22H,2,4,10-12,14-18,21,35H2,1H3,(H,36,37). The Hall–Kier alpha value is -3.52. The lowest BCUT2D eigenvalue weighted by Crippen LogP contribution is -2.50. The summed E-state index contributed by atoms with van der Waals surface area (Å²) in [6.45, 7) is 6.76. The monoisotopic (exact) mass is 576 g/mol. The number of rotatable bonds is 7. The number of piperidine rings is 1. The lowest BCUT2D eigenvalue weighted by molar-refractivity contribution is 0.188. The molecule has 0 saturated carbocycles. The average Bonchev–Trinajstić information content (AvgIpc) is 3.38. The molecular formula is C32H38ClFN6O. The summed E-state index contributed by atoms with van der Waals surface area (Å²) in [5.41, 5.74) is 9.61. The van der Waals surface area contributed by atoms with Crippen molar-refractivity contribution in [1.82, 2.24) is 9.88 Å². The van der Waals surface area contributed by atoms with Crippen LogP contribution in [0.4, 0.5) is 32.1 Å². The fourth-order valence-electron chi connectivity index (χ4n) is 6.88. The van der Waals surface area contributed by atoms with Crippen LogP contribution in [0.5, 0.6) is 0 Å². The predicted octanol–water partition coefficient (Wildman–Crippen LogP) is 6.52. The highest BCUT2D eigenvalue weighted by Crippen LogP contribution is 2.47. The number of nitrogen functional groups attached to an aromatic ring is 1. The largest absolute Gasteiger partial charge is 0.399 e. The van der Waals surface area contributed by atoms with Gasteiger partial charge in [-0.2, -0.15) is 0 Å². The SMILES string of the molecule is CCC1(c2cccc(N3CCCN(CCC4CCN(c5ccc(N)cc5F)CC4)C3=O)c2)CNc2nccc(Cl)c21. The first kappa shape index (κ1) is 27.6. The van der Waals surface area contributed by atoms with Crippen molar-refractivity contribution >= 4 is 40.5 Å². The van der Waals surface area contributed by atoms with E-state index in [1.807, 2.05) is 28.0 Å². The number of halogens is 2. The van der Waals surface area contributed by atoms with Gasteiger partial charge in [-0.3, -0.25) is 4.90 Å². The Labute approximate surface area is 246 Å². The molecule has 1 atom stereocenters. The van der Waals surface area contributed by atoms with E-state index in [1.165, 1.54) is 6.07 Å². The molecule has 7 nitrogen and oxygen atoms in total. The Bertz CT molecular complexity index is 1430. The van der Waals surface area contributed by atoms with Crippen LogP contribution in [0.3, 0.4) is 0 Å². The van der Waals surface area contributed by atoms with Crippen LogP contribution in [0.1, 0.15) is 50.2 Å². The van der Waals surface area contributed by atoms with Crippen molar-refractivity contribution < 1.29 is 9.18 Å². The van der Waals surface area contributed by atoms with Crippen molar-refractivity contribution in [3.63, 3.8) is 0 Å². The molecule has 4 heterocycles. The second-order valence-corrected chi connectivity index (χ2v) is 12.0. The summed E-state index contributed by atoms with van der Waals surface area (Å²) >= 11 is 6.69. The molecule has 3 aliphatic rings. The van der Waals surface area contributed by atoms with Gasteiger partial charge < -0.3 is 20.9 Å². The topological polar surface area (TPSA) is 77.7 Å². The second-order valence-electron chi connectivity index (χ2n) is 11.6. The van der Waals surface area contributed by atoms with Crippen LogP contribution in [0.2, 0.25) is 5.02 Å². The molecule has 0 spiro atoms. The molecule has 0 bridgehead atoms. The molecule has 9 heteroatoms. The van der Waals surface area contributed by atoms with Gasteiger partial charge in [-0.05, 0) is 80.0 Å². The minimum absolute atomic E-state index is 0.0741. The molecule has 2 amide bonds. The molecule has 216 valence electrons. The van der Waals surface area contributed by atoms with Gasteiger partial charge in [-0.1, -0.05) is 30.7 Å². The van der Waals surface area contributed by atoms with Gasteiger partial charge in [0, 0.05) is 72.8 Å². The first-order valence-corrected chi connectivity index (χ1v) is 15.1. The third-order valence-electron chi connectivity index (χ3n) is 9.30. The number of carbonyl (C=O) groups excluding carboxylic acids is 1. The highest BCUT2D eigenvalue weighted by molar-refractivity contribution is 6.32. The van der Waals surface area contributed by atoms with Crippen LogP contribution in [0.25, 0.3) is 0 Å². The molecule has 6 rings (SSSR count). The van der Waals surface area contributed by atoms with Gasteiger partial charge in [-0.15, -0.1) is 0 Å². The highest BCUT2D eigenvalue weighted by atomic mass is 35.5. The highest BCUT2D eigenvalue weighted by Gasteiger charge is 2.42. The maximum Gasteiger partial charge on any atom is 0.324 e. The molecule has 2 aromatic carbocycles. The summed E-state index contributed by atoms with van der Waals surface area (Å²) in [7, 11) is 0. The number of nitrogens with one attached hydrogen (secondary N) is 1. The Morgan fingerprint density at radius 3 is 2.73 bits per heavy atom. The number of nitrogens with zero attached hydrogens (tertiary/aromatic N) is 4. The molecular weight excluding hydrogens is 539 g/mol. The Morgan fingerprint density at radius 1 is 1.12 bits per heavy atom. The number of anilines is 4. The van der Waals surface area contributed by atoms with E-state index >= 15 is 0 Å². The van der Waals surface area contributed by atoms with Crippen LogP contribution in [-0.4, -0.2) is 55.2 Å². The smallest absolute Gasteiger partial charge is 0.324 e. The van der Waals surface area contributed by atoms with Gasteiger partial charge in [0.15, 0.2) is 0 Å². The first-order chi connectivity index (χ1) is 19.9. The fourth-order valence-corrected chi connectivity index (χ4v) is 7.21. The summed E-state index contributed by atoms with van der Waals surface area (Å²) < 4.78 is 14.4. The quantitative estimate of drug-likeness (QED) is 0.313. The number of pyridine rings is 1. The van der Waals surface area contributed by atoms with Crippen molar-refractivity contribution in [2.45, 2.75) is 44.4 Å². The van der Waals surface area contributed by atoms with E-state index in [4.69, 9.17) is 17.3 Å². The van der Waals surface area contributed by atoms with Crippen LogP contribution in [0.15, 0.2) is 54.7 Å². The van der Waals surface area contributed by atoms with Crippen molar-refractivity contribution in [3.8, 4) is 0 Å². The summed E-state index contributed by atoms with van der Waals surface area (Å²) in [6, 6.07) is 15.2. The van der Waals surface area contributed by atoms with Gasteiger partial charge in [-0.25, -0.2) is 14.2 Å². The summed E-state index contributed by atoms with van der Waals surface area (Å²) in [6.07, 6.45) is 6.48. The number of aromatic nitrogens is 1. The molecule has 2 fully saturated rings. The van der Waals surface area contributed by atoms with Gasteiger partial charge in [0.2, 0.25) is 0 Å². The van der Waals surface area contributed by atoms with E-state index in [-0.39, 0.29) is 17.3 Å². The lowest BCUT2D eigenvalue weighted by Gasteiger charge is -2.38. The summed E-state index contributed by atoms with van der Waals surface area (Å²) in [4.78, 5) is 24.2. The van der Waals surface area contributed by atoms with E-state index in [0.717, 1.165) is 92.5 Å².